The number of nitrogens with one attached hydrogen (secondary N) is 2. The number of aromatic nitrogens is 3. The van der Waals surface area contributed by atoms with Crippen LogP contribution in [0.25, 0.3) is 0 Å². The minimum absolute atomic E-state index is 0.0750. The summed E-state index contributed by atoms with van der Waals surface area (Å²) in [5.41, 5.74) is 1.43. The number of anilines is 2. The Bertz CT molecular complexity index is 742. The lowest BCUT2D eigenvalue weighted by Gasteiger charge is -2.22. The molecule has 9 nitrogen and oxygen atoms in total. The topological polar surface area (TPSA) is 113 Å². The van der Waals surface area contributed by atoms with E-state index in [9.17, 15) is 9.59 Å². The zero-order valence-electron chi connectivity index (χ0n) is 13.4. The largest absolute Gasteiger partial charge is 0.305 e. The molecule has 1 fully saturated rings. The highest BCUT2D eigenvalue weighted by Gasteiger charge is 2.29. The van der Waals surface area contributed by atoms with Gasteiger partial charge in [0.2, 0.25) is 11.8 Å². The van der Waals surface area contributed by atoms with E-state index in [1.54, 1.807) is 6.92 Å². The summed E-state index contributed by atoms with van der Waals surface area (Å²) in [6, 6.07) is 0.0750. The Balaban J connectivity index is 1.62. The van der Waals surface area contributed by atoms with E-state index in [1.165, 1.54) is 18.3 Å². The first-order chi connectivity index (χ1) is 11.5. The number of hydrogen-bond donors (Lipinski definition) is 2. The molecule has 3 rings (SSSR count). The molecule has 0 unspecified atom stereocenters. The molecule has 2 aromatic rings. The van der Waals surface area contributed by atoms with Crippen LogP contribution in [-0.2, 0) is 9.59 Å². The molecular weight excluding hydrogens is 332 g/mol. The molecule has 1 aliphatic heterocycles. The second-order valence-corrected chi connectivity index (χ2v) is 6.49. The van der Waals surface area contributed by atoms with Crippen molar-refractivity contribution in [3.63, 3.8) is 0 Å². The monoisotopic (exact) mass is 350 g/mol. The van der Waals surface area contributed by atoms with Crippen LogP contribution in [0, 0.1) is 6.92 Å². The van der Waals surface area contributed by atoms with E-state index in [4.69, 9.17) is 0 Å². The average molecular weight is 350 g/mol. The number of hydrogen-bond acceptors (Lipinski definition) is 8. The lowest BCUT2D eigenvalue weighted by molar-refractivity contribution is -0.117. The van der Waals surface area contributed by atoms with Gasteiger partial charge in [-0.3, -0.25) is 14.5 Å². The maximum atomic E-state index is 12.2. The molecule has 24 heavy (non-hydrogen) atoms. The van der Waals surface area contributed by atoms with Crippen molar-refractivity contribution in [2.45, 2.75) is 32.7 Å². The van der Waals surface area contributed by atoms with E-state index in [1.807, 2.05) is 5.38 Å². The normalized spacial score (nSPS) is 17.8. The Morgan fingerprint density at radius 1 is 1.42 bits per heavy atom. The first-order valence-corrected chi connectivity index (χ1v) is 8.47. The number of thiazole rings is 1. The average Bonchev–Trinajstić information content (AvgIpc) is 3.21. The van der Waals surface area contributed by atoms with E-state index in [2.05, 4.69) is 35.5 Å². The summed E-state index contributed by atoms with van der Waals surface area (Å²) in [6.07, 6.45) is 1.93. The van der Waals surface area contributed by atoms with Gasteiger partial charge in [-0.25, -0.2) is 9.61 Å². The first-order valence-electron chi connectivity index (χ1n) is 7.59. The van der Waals surface area contributed by atoms with Crippen LogP contribution in [0.5, 0.6) is 0 Å². The third kappa shape index (κ3) is 3.77. The van der Waals surface area contributed by atoms with Gasteiger partial charge in [0.05, 0.1) is 18.3 Å². The zero-order valence-corrected chi connectivity index (χ0v) is 14.2. The van der Waals surface area contributed by atoms with Gasteiger partial charge in [-0.15, -0.1) is 11.3 Å². The van der Waals surface area contributed by atoms with Crippen LogP contribution in [0.2, 0.25) is 0 Å². The standard InChI is InChI=1S/C14H18N6O3S/c1-8-13(19-23-18-8)17-12(22)6-20-5-3-4-11(20)10-7-24-14(16-10)15-9(2)21/h7,11H,3-6H2,1-2H3,(H,15,16,21)(H,17,19,22)/t11-/m0/s1. The van der Waals surface area contributed by atoms with E-state index < -0.39 is 0 Å². The van der Waals surface area contributed by atoms with E-state index in [-0.39, 0.29) is 24.4 Å². The van der Waals surface area contributed by atoms with Crippen molar-refractivity contribution in [2.24, 2.45) is 0 Å². The number of carbonyl (C=O) groups is 2. The molecule has 128 valence electrons. The Labute approximate surface area is 142 Å². The molecule has 2 N–H and O–H groups in total. The maximum Gasteiger partial charge on any atom is 0.239 e. The van der Waals surface area contributed by atoms with Crippen molar-refractivity contribution in [1.82, 2.24) is 20.2 Å². The highest BCUT2D eigenvalue weighted by atomic mass is 32.1. The smallest absolute Gasteiger partial charge is 0.239 e. The third-order valence-corrected chi connectivity index (χ3v) is 4.54. The number of rotatable bonds is 5. The minimum Gasteiger partial charge on any atom is -0.305 e. The lowest BCUT2D eigenvalue weighted by Crippen LogP contribution is -2.33. The molecule has 3 heterocycles. The molecule has 0 saturated carbocycles. The van der Waals surface area contributed by atoms with Gasteiger partial charge < -0.3 is 10.6 Å². The molecular formula is C14H18N6O3S. The molecule has 0 aromatic carbocycles. The van der Waals surface area contributed by atoms with Crippen LogP contribution in [-0.4, -0.2) is 45.1 Å². The van der Waals surface area contributed by atoms with Crippen molar-refractivity contribution in [1.29, 1.82) is 0 Å². The molecule has 2 aromatic heterocycles. The summed E-state index contributed by atoms with van der Waals surface area (Å²) in [5, 5.41) is 15.2. The van der Waals surface area contributed by atoms with Gasteiger partial charge in [0.15, 0.2) is 10.9 Å². The quantitative estimate of drug-likeness (QED) is 0.841. The molecule has 0 aliphatic carbocycles. The van der Waals surface area contributed by atoms with Gasteiger partial charge in [-0.05, 0) is 31.5 Å². The van der Waals surface area contributed by atoms with Gasteiger partial charge >= 0.3 is 0 Å². The Morgan fingerprint density at radius 3 is 2.96 bits per heavy atom. The summed E-state index contributed by atoms with van der Waals surface area (Å²) < 4.78 is 4.57. The van der Waals surface area contributed by atoms with Crippen molar-refractivity contribution in [2.75, 3.05) is 23.7 Å². The number of amides is 2. The van der Waals surface area contributed by atoms with Crippen molar-refractivity contribution >= 4 is 34.1 Å². The summed E-state index contributed by atoms with van der Waals surface area (Å²) in [5.74, 6) is 0.0329. The predicted molar refractivity (Wildman–Crippen MR) is 87.6 cm³/mol. The molecule has 2 amide bonds. The second kappa shape index (κ2) is 7.05. The van der Waals surface area contributed by atoms with Gasteiger partial charge in [0, 0.05) is 12.3 Å². The van der Waals surface area contributed by atoms with Crippen LogP contribution in [0.1, 0.15) is 37.2 Å². The molecule has 0 spiro atoms. The van der Waals surface area contributed by atoms with Crippen molar-refractivity contribution < 1.29 is 14.2 Å². The molecule has 1 saturated heterocycles. The Morgan fingerprint density at radius 2 is 2.25 bits per heavy atom. The van der Waals surface area contributed by atoms with E-state index in [0.717, 1.165) is 25.1 Å². The predicted octanol–water partition coefficient (Wildman–Crippen LogP) is 1.57. The number of nitrogens with zero attached hydrogens (tertiary/aromatic N) is 4. The minimum atomic E-state index is -0.169. The molecule has 1 aliphatic rings. The summed E-state index contributed by atoms with van der Waals surface area (Å²) in [6.45, 7) is 4.22. The second-order valence-electron chi connectivity index (χ2n) is 5.63. The number of likely N-dealkylation sites (tertiary alicyclic amines) is 1. The Hall–Kier alpha value is -2.33. The SMILES string of the molecule is CC(=O)Nc1nc([C@@H]2CCCN2CC(=O)Nc2nonc2C)cs1. The maximum absolute atomic E-state index is 12.2. The zero-order chi connectivity index (χ0) is 17.1. The van der Waals surface area contributed by atoms with Crippen LogP contribution in [0.4, 0.5) is 10.9 Å². The number of carbonyl (C=O) groups excluding carboxylic acids is 2. The fourth-order valence-electron chi connectivity index (χ4n) is 2.70. The highest BCUT2D eigenvalue weighted by molar-refractivity contribution is 7.13. The fraction of sp³-hybridized carbons (Fsp3) is 0.500. The van der Waals surface area contributed by atoms with Gasteiger partial charge in [-0.2, -0.15) is 0 Å². The van der Waals surface area contributed by atoms with E-state index >= 15 is 0 Å². The molecule has 0 bridgehead atoms. The van der Waals surface area contributed by atoms with E-state index in [0.29, 0.717) is 16.6 Å². The van der Waals surface area contributed by atoms with Crippen molar-refractivity contribution in [3.05, 3.63) is 16.8 Å². The van der Waals surface area contributed by atoms with Crippen LogP contribution < -0.4 is 10.6 Å². The van der Waals surface area contributed by atoms with Crippen LogP contribution in [0.3, 0.4) is 0 Å². The van der Waals surface area contributed by atoms with Crippen molar-refractivity contribution in [3.8, 4) is 0 Å². The molecule has 0 radical (unpaired) electrons. The van der Waals surface area contributed by atoms with Crippen LogP contribution >= 0.6 is 11.3 Å². The summed E-state index contributed by atoms with van der Waals surface area (Å²) in [4.78, 5) is 29.8. The molecule has 10 heteroatoms. The van der Waals surface area contributed by atoms with Gasteiger partial charge in [-0.1, -0.05) is 5.16 Å². The van der Waals surface area contributed by atoms with Crippen LogP contribution in [0.15, 0.2) is 10.0 Å². The number of aryl methyl sites for hydroxylation is 1. The molecule has 1 atom stereocenters. The lowest BCUT2D eigenvalue weighted by atomic mass is 10.2. The first kappa shape index (κ1) is 16.5. The highest BCUT2D eigenvalue weighted by Crippen LogP contribution is 2.33. The summed E-state index contributed by atoms with van der Waals surface area (Å²) in [7, 11) is 0. The summed E-state index contributed by atoms with van der Waals surface area (Å²) >= 11 is 1.39. The van der Waals surface area contributed by atoms with Gasteiger partial charge in [0.25, 0.3) is 0 Å². The third-order valence-electron chi connectivity index (χ3n) is 3.77. The Kier molecular flexibility index (Phi) is 4.86. The van der Waals surface area contributed by atoms with Gasteiger partial charge in [0.1, 0.15) is 5.69 Å². The fourth-order valence-corrected chi connectivity index (χ4v) is 3.50.